The second-order valence-electron chi connectivity index (χ2n) is 6.04. The van der Waals surface area contributed by atoms with E-state index in [1.807, 2.05) is 0 Å². The minimum Gasteiger partial charge on any atom is -0.354 e. The van der Waals surface area contributed by atoms with Gasteiger partial charge in [0.2, 0.25) is 0 Å². The Bertz CT molecular complexity index is 1170. The van der Waals surface area contributed by atoms with E-state index in [1.54, 1.807) is 29.2 Å². The lowest BCUT2D eigenvalue weighted by atomic mass is 10.2. The van der Waals surface area contributed by atoms with Gasteiger partial charge in [0, 0.05) is 36.3 Å². The summed E-state index contributed by atoms with van der Waals surface area (Å²) in [5.74, 6) is -0.378. The van der Waals surface area contributed by atoms with Crippen molar-refractivity contribution in [3.8, 4) is 0 Å². The average molecular weight is 383 g/mol. The smallest absolute Gasteiger partial charge is 0.271 e. The van der Waals surface area contributed by atoms with Gasteiger partial charge in [-0.05, 0) is 18.2 Å². The van der Waals surface area contributed by atoms with Crippen LogP contribution in [0.25, 0.3) is 10.9 Å². The van der Waals surface area contributed by atoms with E-state index < -0.39 is 11.6 Å². The highest BCUT2D eigenvalue weighted by molar-refractivity contribution is 5.93. The number of benzene rings is 1. The van der Waals surface area contributed by atoms with Gasteiger partial charge in [0.05, 0.1) is 18.3 Å². The number of amides is 1. The molecule has 0 saturated carbocycles. The number of hydrogen-bond donors (Lipinski definition) is 3. The van der Waals surface area contributed by atoms with Gasteiger partial charge in [0.25, 0.3) is 5.91 Å². The van der Waals surface area contributed by atoms with Crippen LogP contribution in [0.2, 0.25) is 0 Å². The zero-order valence-corrected chi connectivity index (χ0v) is 14.7. The molecular weight excluding hydrogens is 368 g/mol. The molecule has 4 aromatic rings. The number of pyridine rings is 1. The standard InChI is InChI=1S/C18H15F2N7O/c1-21-18(28)14-5-17(26-25-14)24-16-6-15-11(7-22-16)8-23-27(15)9-10-4-12(19)2-3-13(10)20/h2-8H,9H2,1H3,(H,21,28)(H2,22,24,25,26). The monoisotopic (exact) mass is 383 g/mol. The number of anilines is 2. The van der Waals surface area contributed by atoms with Crippen LogP contribution >= 0.6 is 0 Å². The molecule has 0 aliphatic heterocycles. The average Bonchev–Trinajstić information content (AvgIpc) is 3.31. The van der Waals surface area contributed by atoms with E-state index in [1.165, 1.54) is 7.05 Å². The lowest BCUT2D eigenvalue weighted by Crippen LogP contribution is -2.17. The Balaban J connectivity index is 1.62. The van der Waals surface area contributed by atoms with Gasteiger partial charge >= 0.3 is 0 Å². The van der Waals surface area contributed by atoms with Crippen LogP contribution in [0.5, 0.6) is 0 Å². The molecule has 4 rings (SSSR count). The molecule has 0 spiro atoms. The summed E-state index contributed by atoms with van der Waals surface area (Å²) in [7, 11) is 1.52. The quantitative estimate of drug-likeness (QED) is 0.492. The molecule has 1 amide bonds. The molecule has 3 aromatic heterocycles. The Labute approximate surface area is 157 Å². The highest BCUT2D eigenvalue weighted by Crippen LogP contribution is 2.21. The number of fused-ring (bicyclic) bond motifs is 1. The van der Waals surface area contributed by atoms with E-state index in [0.717, 1.165) is 23.6 Å². The molecule has 0 fully saturated rings. The van der Waals surface area contributed by atoms with E-state index >= 15 is 0 Å². The fourth-order valence-corrected chi connectivity index (χ4v) is 2.76. The topological polar surface area (TPSA) is 101 Å². The summed E-state index contributed by atoms with van der Waals surface area (Å²) in [5, 5.41) is 17.1. The molecule has 0 saturated heterocycles. The number of aromatic amines is 1. The van der Waals surface area contributed by atoms with Crippen molar-refractivity contribution in [1.29, 1.82) is 0 Å². The van der Waals surface area contributed by atoms with Crippen LogP contribution in [-0.4, -0.2) is 37.9 Å². The minimum atomic E-state index is -0.511. The fraction of sp³-hybridized carbons (Fsp3) is 0.111. The summed E-state index contributed by atoms with van der Waals surface area (Å²) >= 11 is 0. The molecule has 28 heavy (non-hydrogen) atoms. The molecule has 0 unspecified atom stereocenters. The number of aromatic nitrogens is 5. The van der Waals surface area contributed by atoms with Crippen molar-refractivity contribution >= 4 is 28.4 Å². The van der Waals surface area contributed by atoms with Crippen molar-refractivity contribution in [2.24, 2.45) is 0 Å². The van der Waals surface area contributed by atoms with Crippen molar-refractivity contribution in [2.45, 2.75) is 6.54 Å². The number of H-pyrrole nitrogens is 1. The van der Waals surface area contributed by atoms with E-state index in [2.05, 4.69) is 30.9 Å². The van der Waals surface area contributed by atoms with Gasteiger partial charge in [0.15, 0.2) is 5.69 Å². The maximum Gasteiger partial charge on any atom is 0.271 e. The van der Waals surface area contributed by atoms with Crippen LogP contribution in [0.3, 0.4) is 0 Å². The summed E-state index contributed by atoms with van der Waals surface area (Å²) in [5.41, 5.74) is 1.12. The lowest BCUT2D eigenvalue weighted by molar-refractivity contribution is 0.0958. The van der Waals surface area contributed by atoms with Crippen molar-refractivity contribution in [2.75, 3.05) is 12.4 Å². The lowest BCUT2D eigenvalue weighted by Gasteiger charge is -2.07. The summed E-state index contributed by atoms with van der Waals surface area (Å²) in [6, 6.07) is 6.58. The maximum atomic E-state index is 13.9. The molecule has 3 N–H and O–H groups in total. The van der Waals surface area contributed by atoms with Crippen molar-refractivity contribution in [3.63, 3.8) is 0 Å². The summed E-state index contributed by atoms with van der Waals surface area (Å²) < 4.78 is 28.9. The normalized spacial score (nSPS) is 11.0. The Hall–Kier alpha value is -3.82. The van der Waals surface area contributed by atoms with Gasteiger partial charge in [-0.25, -0.2) is 13.8 Å². The van der Waals surface area contributed by atoms with Crippen LogP contribution in [0.1, 0.15) is 16.1 Å². The number of carbonyl (C=O) groups is 1. The summed E-state index contributed by atoms with van der Waals surface area (Å²) in [6.45, 7) is 0.0709. The maximum absolute atomic E-state index is 13.9. The number of rotatable bonds is 5. The predicted octanol–water partition coefficient (Wildman–Crippen LogP) is 2.58. The number of halogens is 2. The Morgan fingerprint density at radius 3 is 2.89 bits per heavy atom. The summed E-state index contributed by atoms with van der Waals surface area (Å²) in [6.07, 6.45) is 3.21. The molecule has 10 heteroatoms. The number of nitrogens with one attached hydrogen (secondary N) is 3. The van der Waals surface area contributed by atoms with Crippen LogP contribution < -0.4 is 10.6 Å². The van der Waals surface area contributed by atoms with Gasteiger partial charge in [-0.1, -0.05) is 0 Å². The number of nitrogens with zero attached hydrogens (tertiary/aromatic N) is 4. The SMILES string of the molecule is CNC(=O)c1cc(Nc2cc3c(cn2)cnn3Cc2cc(F)ccc2F)[nH]n1. The molecular formula is C18H15F2N7O. The van der Waals surface area contributed by atoms with E-state index in [9.17, 15) is 13.6 Å². The molecule has 0 aliphatic rings. The summed E-state index contributed by atoms with van der Waals surface area (Å²) in [4.78, 5) is 15.9. The number of hydrogen-bond acceptors (Lipinski definition) is 5. The first kappa shape index (κ1) is 17.6. The predicted molar refractivity (Wildman–Crippen MR) is 98.2 cm³/mol. The van der Waals surface area contributed by atoms with Crippen molar-refractivity contribution in [1.82, 2.24) is 30.3 Å². The van der Waals surface area contributed by atoms with Gasteiger partial charge in [-0.3, -0.25) is 14.6 Å². The first-order chi connectivity index (χ1) is 13.5. The van der Waals surface area contributed by atoms with Gasteiger partial charge in [-0.15, -0.1) is 0 Å². The second kappa shape index (κ2) is 7.06. The second-order valence-corrected chi connectivity index (χ2v) is 6.04. The van der Waals surface area contributed by atoms with Crippen LogP contribution in [0.15, 0.2) is 42.7 Å². The Morgan fingerprint density at radius 2 is 2.07 bits per heavy atom. The van der Waals surface area contributed by atoms with E-state index in [0.29, 0.717) is 17.2 Å². The van der Waals surface area contributed by atoms with E-state index in [4.69, 9.17) is 0 Å². The van der Waals surface area contributed by atoms with Crippen molar-refractivity contribution in [3.05, 3.63) is 65.6 Å². The van der Waals surface area contributed by atoms with Gasteiger partial charge in [0.1, 0.15) is 23.3 Å². The zero-order chi connectivity index (χ0) is 19.7. The van der Waals surface area contributed by atoms with Crippen LogP contribution in [0.4, 0.5) is 20.4 Å². The molecule has 0 radical (unpaired) electrons. The third-order valence-corrected chi connectivity index (χ3v) is 4.15. The molecule has 1 aromatic carbocycles. The fourth-order valence-electron chi connectivity index (χ4n) is 2.76. The van der Waals surface area contributed by atoms with Crippen LogP contribution in [0, 0.1) is 11.6 Å². The Kier molecular flexibility index (Phi) is 4.44. The molecule has 0 atom stereocenters. The number of carbonyl (C=O) groups excluding carboxylic acids is 1. The largest absolute Gasteiger partial charge is 0.354 e. The van der Waals surface area contributed by atoms with Gasteiger partial charge < -0.3 is 10.6 Å². The molecule has 8 nitrogen and oxygen atoms in total. The third-order valence-electron chi connectivity index (χ3n) is 4.15. The minimum absolute atomic E-state index is 0.0709. The molecule has 3 heterocycles. The highest BCUT2D eigenvalue weighted by atomic mass is 19.1. The first-order valence-corrected chi connectivity index (χ1v) is 8.33. The zero-order valence-electron chi connectivity index (χ0n) is 14.7. The highest BCUT2D eigenvalue weighted by Gasteiger charge is 2.11. The van der Waals surface area contributed by atoms with Gasteiger partial charge in [-0.2, -0.15) is 10.2 Å². The molecule has 0 bridgehead atoms. The van der Waals surface area contributed by atoms with Crippen LogP contribution in [-0.2, 0) is 6.54 Å². The third kappa shape index (κ3) is 3.39. The molecule has 142 valence electrons. The van der Waals surface area contributed by atoms with Crippen molar-refractivity contribution < 1.29 is 13.6 Å². The van der Waals surface area contributed by atoms with E-state index in [-0.39, 0.29) is 23.7 Å². The molecule has 0 aliphatic carbocycles. The first-order valence-electron chi connectivity index (χ1n) is 8.33. The Morgan fingerprint density at radius 1 is 1.21 bits per heavy atom.